The number of hydrogen-bond donors (Lipinski definition) is 2. The molecule has 0 aliphatic heterocycles. The summed E-state index contributed by atoms with van der Waals surface area (Å²) in [7, 11) is 1.69. The van der Waals surface area contributed by atoms with Crippen LogP contribution in [0.25, 0.3) is 0 Å². The van der Waals surface area contributed by atoms with E-state index in [0.717, 1.165) is 0 Å². The Hall–Kier alpha value is -2.01. The molecule has 1 aromatic carbocycles. The average molecular weight is 251 g/mol. The second-order valence-electron chi connectivity index (χ2n) is 3.53. The van der Waals surface area contributed by atoms with Gasteiger partial charge >= 0.3 is 0 Å². The van der Waals surface area contributed by atoms with E-state index < -0.39 is 0 Å². The zero-order chi connectivity index (χ0) is 12.4. The van der Waals surface area contributed by atoms with E-state index >= 15 is 0 Å². The third-order valence-corrected chi connectivity index (χ3v) is 2.55. The molecule has 0 saturated carbocycles. The van der Waals surface area contributed by atoms with Crippen LogP contribution in [0.4, 0.5) is 11.4 Å². The monoisotopic (exact) mass is 250 g/mol. The van der Waals surface area contributed by atoms with Gasteiger partial charge in [-0.15, -0.1) is 0 Å². The van der Waals surface area contributed by atoms with Crippen LogP contribution in [0.15, 0.2) is 30.5 Å². The number of rotatable bonds is 2. The molecule has 0 bridgehead atoms. The second kappa shape index (κ2) is 4.47. The molecule has 1 aromatic heterocycles. The Morgan fingerprint density at radius 2 is 2.24 bits per heavy atom. The van der Waals surface area contributed by atoms with Crippen molar-refractivity contribution in [3.05, 3.63) is 41.2 Å². The van der Waals surface area contributed by atoms with Crippen LogP contribution >= 0.6 is 11.6 Å². The first kappa shape index (κ1) is 11.5. The van der Waals surface area contributed by atoms with Crippen LogP contribution in [0.1, 0.15) is 10.5 Å². The number of nitrogens with one attached hydrogen (secondary N) is 1. The van der Waals surface area contributed by atoms with Crippen molar-refractivity contribution in [1.82, 2.24) is 9.78 Å². The summed E-state index contributed by atoms with van der Waals surface area (Å²) in [5.74, 6) is -0.265. The summed E-state index contributed by atoms with van der Waals surface area (Å²) in [5, 5.41) is 7.15. The predicted molar refractivity (Wildman–Crippen MR) is 67.0 cm³/mol. The number of hydrogen-bond acceptors (Lipinski definition) is 3. The van der Waals surface area contributed by atoms with E-state index in [1.54, 1.807) is 37.5 Å². The molecule has 3 N–H and O–H groups in total. The smallest absolute Gasteiger partial charge is 0.273 e. The molecule has 1 amide bonds. The van der Waals surface area contributed by atoms with Crippen LogP contribution in [-0.4, -0.2) is 15.7 Å². The number of nitrogens with zero attached hydrogens (tertiary/aromatic N) is 2. The predicted octanol–water partition coefficient (Wildman–Crippen LogP) is 1.91. The normalized spacial score (nSPS) is 10.2. The van der Waals surface area contributed by atoms with E-state index in [-0.39, 0.29) is 5.91 Å². The molecular weight excluding hydrogens is 240 g/mol. The van der Waals surface area contributed by atoms with Gasteiger partial charge in [0.05, 0.1) is 11.4 Å². The number of aryl methyl sites for hydroxylation is 1. The number of nitrogen functional groups attached to an aromatic ring is 1. The van der Waals surface area contributed by atoms with Gasteiger partial charge in [-0.05, 0) is 24.3 Å². The van der Waals surface area contributed by atoms with Crippen LogP contribution < -0.4 is 11.1 Å². The zero-order valence-electron chi connectivity index (χ0n) is 9.14. The third-order valence-electron chi connectivity index (χ3n) is 2.32. The summed E-state index contributed by atoms with van der Waals surface area (Å²) < 4.78 is 1.49. The van der Waals surface area contributed by atoms with E-state index in [9.17, 15) is 4.79 Å². The van der Waals surface area contributed by atoms with Gasteiger partial charge in [0.2, 0.25) is 0 Å². The van der Waals surface area contributed by atoms with Crippen molar-refractivity contribution in [3.63, 3.8) is 0 Å². The maximum Gasteiger partial charge on any atom is 0.273 e. The van der Waals surface area contributed by atoms with Gasteiger partial charge in [0.25, 0.3) is 5.91 Å². The van der Waals surface area contributed by atoms with Gasteiger partial charge in [-0.2, -0.15) is 5.10 Å². The molecule has 0 radical (unpaired) electrons. The molecule has 0 fully saturated rings. The lowest BCUT2D eigenvalue weighted by molar-refractivity contribution is 0.101. The van der Waals surface area contributed by atoms with Crippen molar-refractivity contribution in [2.45, 2.75) is 0 Å². The number of amides is 1. The number of aromatic nitrogens is 2. The molecule has 17 heavy (non-hydrogen) atoms. The maximum absolute atomic E-state index is 11.9. The minimum absolute atomic E-state index is 0.265. The van der Waals surface area contributed by atoms with Gasteiger partial charge in [-0.3, -0.25) is 9.48 Å². The summed E-state index contributed by atoms with van der Waals surface area (Å²) in [5.41, 5.74) is 7.15. The Kier molecular flexibility index (Phi) is 3.01. The van der Waals surface area contributed by atoms with E-state index in [4.69, 9.17) is 17.3 Å². The Morgan fingerprint density at radius 1 is 1.47 bits per heavy atom. The van der Waals surface area contributed by atoms with Crippen molar-refractivity contribution in [2.75, 3.05) is 11.1 Å². The lowest BCUT2D eigenvalue weighted by Gasteiger charge is -2.08. The topological polar surface area (TPSA) is 72.9 Å². The maximum atomic E-state index is 11.9. The quantitative estimate of drug-likeness (QED) is 0.800. The highest BCUT2D eigenvalue weighted by atomic mass is 35.5. The Labute approximate surface area is 103 Å². The number of carbonyl (C=O) groups excluding carboxylic acids is 1. The zero-order valence-corrected chi connectivity index (χ0v) is 9.90. The van der Waals surface area contributed by atoms with Crippen molar-refractivity contribution in [2.24, 2.45) is 7.05 Å². The number of anilines is 2. The molecule has 88 valence electrons. The van der Waals surface area contributed by atoms with Gasteiger partial charge in [-0.1, -0.05) is 11.6 Å². The molecule has 0 spiro atoms. The van der Waals surface area contributed by atoms with Gasteiger partial charge in [-0.25, -0.2) is 0 Å². The molecule has 6 heteroatoms. The lowest BCUT2D eigenvalue weighted by atomic mass is 10.2. The van der Waals surface area contributed by atoms with Crippen molar-refractivity contribution in [1.29, 1.82) is 0 Å². The van der Waals surface area contributed by atoms with E-state index in [1.165, 1.54) is 4.68 Å². The number of benzene rings is 1. The van der Waals surface area contributed by atoms with Crippen LogP contribution in [0.3, 0.4) is 0 Å². The molecule has 1 heterocycles. The third kappa shape index (κ3) is 2.39. The van der Waals surface area contributed by atoms with Crippen LogP contribution in [0, 0.1) is 0 Å². The highest BCUT2D eigenvalue weighted by molar-refractivity contribution is 6.31. The van der Waals surface area contributed by atoms with Crippen LogP contribution in [0.2, 0.25) is 5.02 Å². The summed E-state index contributed by atoms with van der Waals surface area (Å²) >= 11 is 5.77. The second-order valence-corrected chi connectivity index (χ2v) is 3.96. The van der Waals surface area contributed by atoms with Gasteiger partial charge in [0.1, 0.15) is 5.69 Å². The fourth-order valence-electron chi connectivity index (χ4n) is 1.43. The highest BCUT2D eigenvalue weighted by Crippen LogP contribution is 2.23. The summed E-state index contributed by atoms with van der Waals surface area (Å²) in [6.45, 7) is 0. The first-order valence-electron chi connectivity index (χ1n) is 4.92. The molecule has 2 aromatic rings. The van der Waals surface area contributed by atoms with E-state index in [1.807, 2.05) is 0 Å². The molecule has 0 aliphatic rings. The summed E-state index contributed by atoms with van der Waals surface area (Å²) in [6, 6.07) is 6.53. The summed E-state index contributed by atoms with van der Waals surface area (Å²) in [4.78, 5) is 11.9. The molecule has 0 atom stereocenters. The van der Waals surface area contributed by atoms with Crippen molar-refractivity contribution >= 4 is 28.9 Å². The fourth-order valence-corrected chi connectivity index (χ4v) is 1.61. The average Bonchev–Trinajstić information content (AvgIpc) is 2.68. The molecule has 0 aliphatic carbocycles. The Balaban J connectivity index is 2.22. The van der Waals surface area contributed by atoms with Crippen LogP contribution in [-0.2, 0) is 7.05 Å². The van der Waals surface area contributed by atoms with E-state index in [2.05, 4.69) is 10.4 Å². The Bertz CT molecular complexity index is 564. The molecule has 2 rings (SSSR count). The molecule has 5 nitrogen and oxygen atoms in total. The number of nitrogens with two attached hydrogens (primary N) is 1. The van der Waals surface area contributed by atoms with E-state index in [0.29, 0.717) is 22.1 Å². The van der Waals surface area contributed by atoms with Crippen LogP contribution in [0.5, 0.6) is 0 Å². The Morgan fingerprint density at radius 3 is 2.82 bits per heavy atom. The van der Waals surface area contributed by atoms with Gasteiger partial charge in [0.15, 0.2) is 0 Å². The minimum atomic E-state index is -0.265. The van der Waals surface area contributed by atoms with Gasteiger partial charge < -0.3 is 11.1 Å². The fraction of sp³-hybridized carbons (Fsp3) is 0.0909. The van der Waals surface area contributed by atoms with Crippen molar-refractivity contribution in [3.8, 4) is 0 Å². The highest BCUT2D eigenvalue weighted by Gasteiger charge is 2.11. The molecule has 0 saturated heterocycles. The number of carbonyl (C=O) groups is 1. The van der Waals surface area contributed by atoms with Gasteiger partial charge in [0, 0.05) is 18.3 Å². The minimum Gasteiger partial charge on any atom is -0.397 e. The first-order chi connectivity index (χ1) is 8.08. The number of halogens is 1. The lowest BCUT2D eigenvalue weighted by Crippen LogP contribution is -2.16. The van der Waals surface area contributed by atoms with Crippen molar-refractivity contribution < 1.29 is 4.79 Å². The summed E-state index contributed by atoms with van der Waals surface area (Å²) in [6.07, 6.45) is 1.56. The SMILES string of the molecule is Cn1nccc1C(=O)Nc1ccc(Cl)cc1N. The molecular formula is C11H11ClN4O. The standard InChI is InChI=1S/C11H11ClN4O/c1-16-10(4-5-14-16)11(17)15-9-3-2-7(12)6-8(9)13/h2-6H,13H2,1H3,(H,15,17). The largest absolute Gasteiger partial charge is 0.397 e. The molecule has 0 unspecified atom stereocenters. The first-order valence-corrected chi connectivity index (χ1v) is 5.30.